The molecule has 3 rings (SSSR count). The number of hydrogen-bond donors (Lipinski definition) is 1. The van der Waals surface area contributed by atoms with Crippen molar-refractivity contribution >= 4 is 17.6 Å². The van der Waals surface area contributed by atoms with Crippen LogP contribution in [0.25, 0.3) is 0 Å². The molecule has 150 valence electrons. The van der Waals surface area contributed by atoms with Crippen LogP contribution in [0, 0.1) is 5.92 Å². The Kier molecular flexibility index (Phi) is 7.65. The summed E-state index contributed by atoms with van der Waals surface area (Å²) in [6.07, 6.45) is 3.96. The SMILES string of the molecule is CCNC(=NCC(C)Oc1ccccc1Cl)N1CCC(CN2CCCC2)C1. The summed E-state index contributed by atoms with van der Waals surface area (Å²) in [5, 5.41) is 4.09. The van der Waals surface area contributed by atoms with Gasteiger partial charge in [-0.15, -0.1) is 0 Å². The standard InChI is InChI=1S/C21H33ClN4O/c1-3-23-21(24-14-17(2)27-20-9-5-4-8-19(20)22)26-13-10-18(16-26)15-25-11-6-7-12-25/h4-5,8-9,17-18H,3,6-7,10-16H2,1-2H3,(H,23,24). The molecule has 1 aromatic carbocycles. The van der Waals surface area contributed by atoms with Crippen LogP contribution in [-0.2, 0) is 0 Å². The van der Waals surface area contributed by atoms with E-state index in [9.17, 15) is 0 Å². The van der Waals surface area contributed by atoms with Crippen LogP contribution in [0.3, 0.4) is 0 Å². The topological polar surface area (TPSA) is 40.1 Å². The van der Waals surface area contributed by atoms with Gasteiger partial charge in [-0.2, -0.15) is 0 Å². The maximum atomic E-state index is 6.18. The summed E-state index contributed by atoms with van der Waals surface area (Å²) in [5.41, 5.74) is 0. The molecule has 2 heterocycles. The Morgan fingerprint density at radius 2 is 2.07 bits per heavy atom. The Morgan fingerprint density at radius 1 is 1.30 bits per heavy atom. The second kappa shape index (κ2) is 10.2. The van der Waals surface area contributed by atoms with Gasteiger partial charge in [0.25, 0.3) is 0 Å². The van der Waals surface area contributed by atoms with Crippen molar-refractivity contribution in [1.29, 1.82) is 0 Å². The van der Waals surface area contributed by atoms with E-state index in [1.807, 2.05) is 31.2 Å². The smallest absolute Gasteiger partial charge is 0.194 e. The number of nitrogens with one attached hydrogen (secondary N) is 1. The number of nitrogens with zero attached hydrogens (tertiary/aromatic N) is 3. The zero-order valence-electron chi connectivity index (χ0n) is 16.7. The maximum absolute atomic E-state index is 6.18. The van der Waals surface area contributed by atoms with E-state index < -0.39 is 0 Å². The summed E-state index contributed by atoms with van der Waals surface area (Å²) in [7, 11) is 0. The average molecular weight is 393 g/mol. The van der Waals surface area contributed by atoms with Crippen LogP contribution in [0.2, 0.25) is 5.02 Å². The molecule has 0 bridgehead atoms. The first-order valence-electron chi connectivity index (χ1n) is 10.3. The molecule has 2 atom stereocenters. The van der Waals surface area contributed by atoms with E-state index in [1.165, 1.54) is 38.9 Å². The highest BCUT2D eigenvalue weighted by Crippen LogP contribution is 2.24. The summed E-state index contributed by atoms with van der Waals surface area (Å²) < 4.78 is 5.95. The quantitative estimate of drug-likeness (QED) is 0.569. The zero-order valence-corrected chi connectivity index (χ0v) is 17.4. The zero-order chi connectivity index (χ0) is 19.1. The third-order valence-electron chi connectivity index (χ3n) is 5.30. The van der Waals surface area contributed by atoms with E-state index >= 15 is 0 Å². The van der Waals surface area contributed by atoms with Gasteiger partial charge in [-0.25, -0.2) is 4.99 Å². The number of ether oxygens (including phenoxy) is 1. The molecule has 1 N–H and O–H groups in total. The Balaban J connectivity index is 1.52. The Bertz CT molecular complexity index is 618. The lowest BCUT2D eigenvalue weighted by Crippen LogP contribution is -2.41. The minimum absolute atomic E-state index is 0.0263. The van der Waals surface area contributed by atoms with Crippen LogP contribution >= 0.6 is 11.6 Å². The van der Waals surface area contributed by atoms with Gasteiger partial charge in [0, 0.05) is 26.2 Å². The molecule has 27 heavy (non-hydrogen) atoms. The van der Waals surface area contributed by atoms with E-state index in [2.05, 4.69) is 22.0 Å². The number of likely N-dealkylation sites (tertiary alicyclic amines) is 2. The number of hydrogen-bond acceptors (Lipinski definition) is 3. The number of benzene rings is 1. The highest BCUT2D eigenvalue weighted by Gasteiger charge is 2.27. The highest BCUT2D eigenvalue weighted by molar-refractivity contribution is 6.32. The van der Waals surface area contributed by atoms with Gasteiger partial charge in [-0.05, 0) is 64.3 Å². The van der Waals surface area contributed by atoms with Crippen LogP contribution in [0.5, 0.6) is 5.75 Å². The van der Waals surface area contributed by atoms with Crippen LogP contribution in [0.1, 0.15) is 33.1 Å². The first-order valence-corrected chi connectivity index (χ1v) is 10.7. The third kappa shape index (κ3) is 6.01. The lowest BCUT2D eigenvalue weighted by atomic mass is 10.1. The summed E-state index contributed by atoms with van der Waals surface area (Å²) >= 11 is 6.18. The molecule has 0 radical (unpaired) electrons. The van der Waals surface area contributed by atoms with Crippen molar-refractivity contribution in [2.24, 2.45) is 10.9 Å². The number of rotatable bonds is 7. The second-order valence-corrected chi connectivity index (χ2v) is 8.07. The van der Waals surface area contributed by atoms with Crippen LogP contribution < -0.4 is 10.1 Å². The van der Waals surface area contributed by atoms with Gasteiger partial charge >= 0.3 is 0 Å². The number of halogens is 1. The van der Waals surface area contributed by atoms with E-state index in [1.54, 1.807) is 0 Å². The molecule has 0 aliphatic carbocycles. The first-order chi connectivity index (χ1) is 13.2. The molecular formula is C21H33ClN4O. The predicted molar refractivity (Wildman–Crippen MR) is 113 cm³/mol. The lowest BCUT2D eigenvalue weighted by molar-refractivity contribution is 0.229. The summed E-state index contributed by atoms with van der Waals surface area (Å²) in [4.78, 5) is 9.87. The Hall–Kier alpha value is -1.46. The first kappa shape index (κ1) is 20.3. The lowest BCUT2D eigenvalue weighted by Gasteiger charge is -2.24. The monoisotopic (exact) mass is 392 g/mol. The average Bonchev–Trinajstić information content (AvgIpc) is 3.33. The molecule has 0 aromatic heterocycles. The van der Waals surface area contributed by atoms with E-state index in [4.69, 9.17) is 21.3 Å². The van der Waals surface area contributed by atoms with Gasteiger partial charge in [-0.1, -0.05) is 23.7 Å². The van der Waals surface area contributed by atoms with Crippen molar-refractivity contribution in [2.75, 3.05) is 45.8 Å². The fraction of sp³-hybridized carbons (Fsp3) is 0.667. The maximum Gasteiger partial charge on any atom is 0.194 e. The summed E-state index contributed by atoms with van der Waals surface area (Å²) in [5.74, 6) is 2.48. The van der Waals surface area contributed by atoms with Gasteiger partial charge in [0.05, 0.1) is 11.6 Å². The Morgan fingerprint density at radius 3 is 2.81 bits per heavy atom. The number of aliphatic imine (C=N–C) groups is 1. The number of guanidine groups is 1. The van der Waals surface area contributed by atoms with Crippen LogP contribution in [0.15, 0.2) is 29.3 Å². The molecule has 2 saturated heterocycles. The molecule has 2 aliphatic heterocycles. The molecule has 2 fully saturated rings. The molecule has 1 aromatic rings. The van der Waals surface area contributed by atoms with Crippen molar-refractivity contribution in [2.45, 2.75) is 39.2 Å². The van der Waals surface area contributed by atoms with Crippen molar-refractivity contribution in [1.82, 2.24) is 15.1 Å². The van der Waals surface area contributed by atoms with E-state index in [-0.39, 0.29) is 6.10 Å². The fourth-order valence-corrected chi connectivity index (χ4v) is 4.12. The summed E-state index contributed by atoms with van der Waals surface area (Å²) in [6.45, 7) is 11.6. The molecule has 6 heteroatoms. The van der Waals surface area contributed by atoms with Gasteiger partial charge in [0.1, 0.15) is 11.9 Å². The van der Waals surface area contributed by atoms with Gasteiger partial charge in [0.2, 0.25) is 0 Å². The van der Waals surface area contributed by atoms with Crippen molar-refractivity contribution < 1.29 is 4.74 Å². The van der Waals surface area contributed by atoms with Crippen molar-refractivity contribution in [3.05, 3.63) is 29.3 Å². The largest absolute Gasteiger partial charge is 0.487 e. The second-order valence-electron chi connectivity index (χ2n) is 7.66. The molecule has 2 unspecified atom stereocenters. The molecule has 0 spiro atoms. The molecule has 2 aliphatic rings. The fourth-order valence-electron chi connectivity index (χ4n) is 3.94. The van der Waals surface area contributed by atoms with E-state index in [0.717, 1.165) is 37.3 Å². The van der Waals surface area contributed by atoms with Gasteiger partial charge < -0.3 is 19.9 Å². The summed E-state index contributed by atoms with van der Waals surface area (Å²) in [6, 6.07) is 7.60. The minimum atomic E-state index is -0.0263. The molecule has 5 nitrogen and oxygen atoms in total. The van der Waals surface area contributed by atoms with E-state index in [0.29, 0.717) is 11.6 Å². The van der Waals surface area contributed by atoms with Gasteiger partial charge in [-0.3, -0.25) is 0 Å². The molecule has 0 amide bonds. The van der Waals surface area contributed by atoms with Gasteiger partial charge in [0.15, 0.2) is 5.96 Å². The predicted octanol–water partition coefficient (Wildman–Crippen LogP) is 3.49. The molecule has 0 saturated carbocycles. The van der Waals surface area contributed by atoms with Crippen molar-refractivity contribution in [3.8, 4) is 5.75 Å². The highest BCUT2D eigenvalue weighted by atomic mass is 35.5. The normalized spacial score (nSPS) is 22.3. The Labute approximate surface area is 168 Å². The van der Waals surface area contributed by atoms with Crippen LogP contribution in [-0.4, -0.2) is 67.7 Å². The van der Waals surface area contributed by atoms with Crippen LogP contribution in [0.4, 0.5) is 0 Å². The minimum Gasteiger partial charge on any atom is -0.487 e. The number of para-hydroxylation sites is 1. The van der Waals surface area contributed by atoms with Crippen molar-refractivity contribution in [3.63, 3.8) is 0 Å². The third-order valence-corrected chi connectivity index (χ3v) is 5.61. The molecular weight excluding hydrogens is 360 g/mol.